The zero-order valence-electron chi connectivity index (χ0n) is 12.0. The number of hydrogen-bond donors (Lipinski definition) is 0. The standard InChI is InChI=1S/C14H24O5S/c1-18-12-7-4-8-13(12)19-14(15)9-10-20(16,17)11-5-2-3-6-11/h11-13H,2-10H2,1H3/t12-,13+/m1/s1. The average molecular weight is 304 g/mol. The normalized spacial score (nSPS) is 27.9. The molecule has 0 aromatic carbocycles. The van der Waals surface area contributed by atoms with Crippen molar-refractivity contribution in [3.8, 4) is 0 Å². The van der Waals surface area contributed by atoms with Crippen LogP contribution in [0, 0.1) is 0 Å². The lowest BCUT2D eigenvalue weighted by Gasteiger charge is -2.19. The Morgan fingerprint density at radius 3 is 2.35 bits per heavy atom. The molecule has 20 heavy (non-hydrogen) atoms. The molecule has 2 saturated carbocycles. The Bertz CT molecular complexity index is 425. The molecule has 2 rings (SSSR count). The van der Waals surface area contributed by atoms with E-state index >= 15 is 0 Å². The minimum atomic E-state index is -3.14. The lowest BCUT2D eigenvalue weighted by molar-refractivity contribution is -0.153. The number of ether oxygens (including phenoxy) is 2. The third-order valence-electron chi connectivity index (χ3n) is 4.38. The second kappa shape index (κ2) is 6.89. The number of carbonyl (C=O) groups is 1. The fourth-order valence-corrected chi connectivity index (χ4v) is 5.00. The molecule has 2 atom stereocenters. The maximum atomic E-state index is 12.1. The van der Waals surface area contributed by atoms with Crippen LogP contribution in [0.4, 0.5) is 0 Å². The monoisotopic (exact) mass is 304 g/mol. The molecule has 5 nitrogen and oxygen atoms in total. The van der Waals surface area contributed by atoms with Crippen LogP contribution in [0.1, 0.15) is 51.4 Å². The quantitative estimate of drug-likeness (QED) is 0.700. The number of rotatable bonds is 6. The van der Waals surface area contributed by atoms with Gasteiger partial charge in [0.2, 0.25) is 0 Å². The van der Waals surface area contributed by atoms with Gasteiger partial charge in [0, 0.05) is 7.11 Å². The summed E-state index contributed by atoms with van der Waals surface area (Å²) in [7, 11) is -1.53. The molecule has 2 aliphatic carbocycles. The highest BCUT2D eigenvalue weighted by molar-refractivity contribution is 7.92. The topological polar surface area (TPSA) is 69.7 Å². The van der Waals surface area contributed by atoms with Gasteiger partial charge < -0.3 is 9.47 Å². The van der Waals surface area contributed by atoms with Crippen molar-refractivity contribution >= 4 is 15.8 Å². The maximum absolute atomic E-state index is 12.1. The van der Waals surface area contributed by atoms with E-state index in [-0.39, 0.29) is 29.6 Å². The van der Waals surface area contributed by atoms with Crippen molar-refractivity contribution in [2.45, 2.75) is 68.8 Å². The minimum Gasteiger partial charge on any atom is -0.460 e. The molecule has 0 aromatic rings. The fourth-order valence-electron chi connectivity index (χ4n) is 3.16. The Kier molecular flexibility index (Phi) is 5.43. The number of sulfone groups is 1. The summed E-state index contributed by atoms with van der Waals surface area (Å²) in [5.41, 5.74) is 0. The first kappa shape index (κ1) is 15.8. The second-order valence-corrected chi connectivity index (χ2v) is 8.16. The van der Waals surface area contributed by atoms with Crippen LogP contribution in [0.25, 0.3) is 0 Å². The first-order valence-corrected chi connectivity index (χ1v) is 9.18. The van der Waals surface area contributed by atoms with E-state index in [4.69, 9.17) is 9.47 Å². The maximum Gasteiger partial charge on any atom is 0.307 e. The first-order chi connectivity index (χ1) is 9.53. The minimum absolute atomic E-state index is 0.0359. The van der Waals surface area contributed by atoms with E-state index in [1.807, 2.05) is 0 Å². The lowest BCUT2D eigenvalue weighted by Crippen LogP contribution is -2.29. The van der Waals surface area contributed by atoms with Crippen molar-refractivity contribution in [2.75, 3.05) is 12.9 Å². The van der Waals surface area contributed by atoms with Crippen LogP contribution < -0.4 is 0 Å². The Morgan fingerprint density at radius 1 is 1.05 bits per heavy atom. The third-order valence-corrected chi connectivity index (χ3v) is 6.64. The zero-order chi connectivity index (χ0) is 14.6. The van der Waals surface area contributed by atoms with E-state index in [0.717, 1.165) is 44.9 Å². The van der Waals surface area contributed by atoms with E-state index in [1.165, 1.54) is 0 Å². The zero-order valence-corrected chi connectivity index (χ0v) is 12.9. The summed E-state index contributed by atoms with van der Waals surface area (Å²) >= 11 is 0. The summed E-state index contributed by atoms with van der Waals surface area (Å²) in [5, 5.41) is -0.242. The van der Waals surface area contributed by atoms with Crippen molar-refractivity contribution in [1.29, 1.82) is 0 Å². The highest BCUT2D eigenvalue weighted by Crippen LogP contribution is 2.27. The molecule has 2 fully saturated rings. The summed E-state index contributed by atoms with van der Waals surface area (Å²) in [6.07, 6.45) is 5.85. The van der Waals surface area contributed by atoms with Gasteiger partial charge in [-0.25, -0.2) is 8.42 Å². The van der Waals surface area contributed by atoms with Crippen molar-refractivity contribution in [1.82, 2.24) is 0 Å². The highest BCUT2D eigenvalue weighted by atomic mass is 32.2. The summed E-state index contributed by atoms with van der Waals surface area (Å²) in [6.45, 7) is 0. The molecule has 0 saturated heterocycles. The predicted molar refractivity (Wildman–Crippen MR) is 75.2 cm³/mol. The van der Waals surface area contributed by atoms with Crippen molar-refractivity contribution < 1.29 is 22.7 Å². The summed E-state index contributed by atoms with van der Waals surface area (Å²) in [5.74, 6) is -0.499. The summed E-state index contributed by atoms with van der Waals surface area (Å²) in [6, 6.07) is 0. The van der Waals surface area contributed by atoms with Gasteiger partial charge in [0.25, 0.3) is 0 Å². The van der Waals surface area contributed by atoms with E-state index < -0.39 is 15.8 Å². The van der Waals surface area contributed by atoms with E-state index in [1.54, 1.807) is 7.11 Å². The Morgan fingerprint density at radius 2 is 1.70 bits per heavy atom. The number of esters is 1. The van der Waals surface area contributed by atoms with Crippen LogP contribution in [0.5, 0.6) is 0 Å². The molecule has 2 aliphatic rings. The molecule has 6 heteroatoms. The Hall–Kier alpha value is -0.620. The van der Waals surface area contributed by atoms with Gasteiger partial charge in [0.15, 0.2) is 9.84 Å². The SMILES string of the molecule is CO[C@@H]1CCC[C@@H]1OC(=O)CCS(=O)(=O)C1CCCC1. The van der Waals surface area contributed by atoms with Crippen LogP contribution in [0.3, 0.4) is 0 Å². The third kappa shape index (κ3) is 3.95. The van der Waals surface area contributed by atoms with Gasteiger partial charge in [0.05, 0.1) is 23.5 Å². The molecular formula is C14H24O5S. The number of carbonyl (C=O) groups excluding carboxylic acids is 1. The molecule has 0 heterocycles. The van der Waals surface area contributed by atoms with Gasteiger partial charge in [-0.1, -0.05) is 12.8 Å². The summed E-state index contributed by atoms with van der Waals surface area (Å²) in [4.78, 5) is 11.8. The number of hydrogen-bond acceptors (Lipinski definition) is 5. The van der Waals surface area contributed by atoms with Crippen molar-refractivity contribution in [2.24, 2.45) is 0 Å². The lowest BCUT2D eigenvalue weighted by atomic mass is 10.2. The average Bonchev–Trinajstić information content (AvgIpc) is 3.07. The van der Waals surface area contributed by atoms with Gasteiger partial charge in [-0.2, -0.15) is 0 Å². The molecule has 0 aromatic heterocycles. The van der Waals surface area contributed by atoms with Gasteiger partial charge in [-0.3, -0.25) is 4.79 Å². The second-order valence-electron chi connectivity index (χ2n) is 5.76. The molecule has 0 amide bonds. The van der Waals surface area contributed by atoms with Gasteiger partial charge >= 0.3 is 5.97 Å². The van der Waals surface area contributed by atoms with Gasteiger partial charge in [-0.15, -0.1) is 0 Å². The van der Waals surface area contributed by atoms with Crippen LogP contribution in [0.15, 0.2) is 0 Å². The fraction of sp³-hybridized carbons (Fsp3) is 0.929. The molecule has 116 valence electrons. The van der Waals surface area contributed by atoms with E-state index in [9.17, 15) is 13.2 Å². The van der Waals surface area contributed by atoms with Gasteiger partial charge in [-0.05, 0) is 32.1 Å². The van der Waals surface area contributed by atoms with E-state index in [0.29, 0.717) is 0 Å². The van der Waals surface area contributed by atoms with Crippen LogP contribution >= 0.6 is 0 Å². The predicted octanol–water partition coefficient (Wildman–Crippen LogP) is 1.84. The highest BCUT2D eigenvalue weighted by Gasteiger charge is 2.32. The molecular weight excluding hydrogens is 280 g/mol. The summed E-state index contributed by atoms with van der Waals surface area (Å²) < 4.78 is 34.7. The first-order valence-electron chi connectivity index (χ1n) is 7.47. The van der Waals surface area contributed by atoms with Crippen molar-refractivity contribution in [3.05, 3.63) is 0 Å². The van der Waals surface area contributed by atoms with Crippen molar-refractivity contribution in [3.63, 3.8) is 0 Å². The molecule has 0 radical (unpaired) electrons. The number of methoxy groups -OCH3 is 1. The van der Waals surface area contributed by atoms with Gasteiger partial charge in [0.1, 0.15) is 6.10 Å². The molecule has 0 aliphatic heterocycles. The van der Waals surface area contributed by atoms with Crippen LogP contribution in [-0.4, -0.2) is 44.7 Å². The van der Waals surface area contributed by atoms with Crippen LogP contribution in [0.2, 0.25) is 0 Å². The smallest absolute Gasteiger partial charge is 0.307 e. The molecule has 0 spiro atoms. The van der Waals surface area contributed by atoms with Crippen LogP contribution in [-0.2, 0) is 24.1 Å². The molecule has 0 N–H and O–H groups in total. The van der Waals surface area contributed by atoms with E-state index in [2.05, 4.69) is 0 Å². The Labute approximate surface area is 120 Å². The molecule has 0 unspecified atom stereocenters. The largest absolute Gasteiger partial charge is 0.460 e. The molecule has 0 bridgehead atoms. The Balaban J connectivity index is 1.77.